The van der Waals surface area contributed by atoms with Crippen LogP contribution in [0.2, 0.25) is 10.0 Å². The molecule has 0 saturated carbocycles. The second-order valence-electron chi connectivity index (χ2n) is 5.87. The van der Waals surface area contributed by atoms with Crippen LogP contribution in [0.4, 0.5) is 29.2 Å². The number of alkyl halides is 3. The molecule has 0 aliphatic heterocycles. The van der Waals surface area contributed by atoms with Crippen molar-refractivity contribution in [3.8, 4) is 0 Å². The number of rotatable bonds is 5. The van der Waals surface area contributed by atoms with Crippen LogP contribution in [0.5, 0.6) is 0 Å². The Balaban J connectivity index is 1.85. The quantitative estimate of drug-likeness (QED) is 0.414. The molecular weight excluding hydrogens is 449 g/mol. The SMILES string of the molecule is O=C(NCc1ccnc(F)c1)c1cnc(Nc2cc(Cl)ccc2Cl)nc1C(F)(F)F. The number of nitrogens with one attached hydrogen (secondary N) is 2. The highest BCUT2D eigenvalue weighted by Gasteiger charge is 2.38. The summed E-state index contributed by atoms with van der Waals surface area (Å²) in [6.07, 6.45) is -3.03. The number of anilines is 2. The molecule has 1 amide bonds. The van der Waals surface area contributed by atoms with Gasteiger partial charge in [0.1, 0.15) is 0 Å². The van der Waals surface area contributed by atoms with Crippen molar-refractivity contribution in [1.29, 1.82) is 0 Å². The van der Waals surface area contributed by atoms with Crippen molar-refractivity contribution in [1.82, 2.24) is 20.3 Å². The Morgan fingerprint density at radius 3 is 2.57 bits per heavy atom. The number of hydrogen-bond donors (Lipinski definition) is 2. The molecule has 0 fully saturated rings. The Morgan fingerprint density at radius 2 is 1.87 bits per heavy atom. The molecular formula is C18H11Cl2F4N5O. The molecule has 0 spiro atoms. The van der Waals surface area contributed by atoms with Crippen LogP contribution >= 0.6 is 23.2 Å². The molecule has 0 aliphatic rings. The Hall–Kier alpha value is -2.98. The zero-order valence-corrected chi connectivity index (χ0v) is 16.3. The average molecular weight is 460 g/mol. The fraction of sp³-hybridized carbons (Fsp3) is 0.111. The van der Waals surface area contributed by atoms with E-state index in [1.807, 2.05) is 0 Å². The first-order valence-electron chi connectivity index (χ1n) is 8.18. The minimum absolute atomic E-state index is 0.183. The molecule has 0 radical (unpaired) electrons. The largest absolute Gasteiger partial charge is 0.434 e. The topological polar surface area (TPSA) is 79.8 Å². The summed E-state index contributed by atoms with van der Waals surface area (Å²) < 4.78 is 53.5. The van der Waals surface area contributed by atoms with Gasteiger partial charge in [0.25, 0.3) is 5.91 Å². The van der Waals surface area contributed by atoms with Crippen molar-refractivity contribution in [2.24, 2.45) is 0 Å². The van der Waals surface area contributed by atoms with Gasteiger partial charge in [0.05, 0.1) is 16.3 Å². The van der Waals surface area contributed by atoms with Gasteiger partial charge in [-0.3, -0.25) is 4.79 Å². The lowest BCUT2D eigenvalue weighted by molar-refractivity contribution is -0.141. The van der Waals surface area contributed by atoms with Crippen LogP contribution in [0.1, 0.15) is 21.6 Å². The third kappa shape index (κ3) is 5.33. The van der Waals surface area contributed by atoms with Crippen LogP contribution in [0.3, 0.4) is 0 Å². The molecule has 1 aromatic carbocycles. The van der Waals surface area contributed by atoms with E-state index >= 15 is 0 Å². The van der Waals surface area contributed by atoms with E-state index in [-0.39, 0.29) is 17.3 Å². The van der Waals surface area contributed by atoms with Gasteiger partial charge >= 0.3 is 6.18 Å². The lowest BCUT2D eigenvalue weighted by atomic mass is 10.2. The highest BCUT2D eigenvalue weighted by molar-refractivity contribution is 6.35. The van der Waals surface area contributed by atoms with E-state index < -0.39 is 35.2 Å². The van der Waals surface area contributed by atoms with Crippen molar-refractivity contribution in [2.45, 2.75) is 12.7 Å². The first kappa shape index (κ1) is 21.7. The summed E-state index contributed by atoms with van der Waals surface area (Å²) in [5, 5.41) is 5.28. The van der Waals surface area contributed by atoms with Gasteiger partial charge < -0.3 is 10.6 Å². The van der Waals surface area contributed by atoms with Crippen molar-refractivity contribution in [3.63, 3.8) is 0 Å². The molecule has 0 atom stereocenters. The number of pyridine rings is 1. The van der Waals surface area contributed by atoms with Crippen LogP contribution in [-0.2, 0) is 12.7 Å². The Bertz CT molecular complexity index is 1090. The van der Waals surface area contributed by atoms with Gasteiger partial charge in [0.2, 0.25) is 11.9 Å². The predicted octanol–water partition coefficient (Wildman–Crippen LogP) is 5.01. The predicted molar refractivity (Wildman–Crippen MR) is 102 cm³/mol. The van der Waals surface area contributed by atoms with E-state index in [9.17, 15) is 22.4 Å². The number of carbonyl (C=O) groups is 1. The van der Waals surface area contributed by atoms with E-state index in [0.717, 1.165) is 12.3 Å². The Morgan fingerprint density at radius 1 is 1.10 bits per heavy atom. The van der Waals surface area contributed by atoms with Crippen LogP contribution in [0.15, 0.2) is 42.7 Å². The second kappa shape index (κ2) is 8.80. The van der Waals surface area contributed by atoms with Crippen molar-refractivity contribution >= 4 is 40.7 Å². The first-order chi connectivity index (χ1) is 14.1. The second-order valence-corrected chi connectivity index (χ2v) is 6.72. The Kier molecular flexibility index (Phi) is 6.37. The van der Waals surface area contributed by atoms with Crippen molar-refractivity contribution in [3.05, 3.63) is 75.5 Å². The summed E-state index contributed by atoms with van der Waals surface area (Å²) in [7, 11) is 0. The van der Waals surface area contributed by atoms with E-state index in [0.29, 0.717) is 10.6 Å². The number of halogens is 6. The van der Waals surface area contributed by atoms with Crippen molar-refractivity contribution in [2.75, 3.05) is 5.32 Å². The molecule has 2 N–H and O–H groups in total. The normalized spacial score (nSPS) is 11.3. The number of carbonyl (C=O) groups excluding carboxylic acids is 1. The maximum absolute atomic E-state index is 13.5. The van der Waals surface area contributed by atoms with E-state index in [4.69, 9.17) is 23.2 Å². The van der Waals surface area contributed by atoms with Gasteiger partial charge in [-0.1, -0.05) is 23.2 Å². The van der Waals surface area contributed by atoms with Crippen LogP contribution in [-0.4, -0.2) is 20.9 Å². The van der Waals surface area contributed by atoms with Gasteiger partial charge in [-0.2, -0.15) is 17.6 Å². The average Bonchev–Trinajstić information content (AvgIpc) is 2.68. The molecule has 2 heterocycles. The summed E-state index contributed by atoms with van der Waals surface area (Å²) >= 11 is 11.8. The number of aromatic nitrogens is 3. The van der Waals surface area contributed by atoms with Gasteiger partial charge in [-0.15, -0.1) is 0 Å². The maximum atomic E-state index is 13.5. The minimum Gasteiger partial charge on any atom is -0.348 e. The summed E-state index contributed by atoms with van der Waals surface area (Å²) in [6, 6.07) is 6.78. The monoisotopic (exact) mass is 459 g/mol. The van der Waals surface area contributed by atoms with E-state index in [1.54, 1.807) is 0 Å². The van der Waals surface area contributed by atoms with Crippen LogP contribution in [0, 0.1) is 5.95 Å². The molecule has 0 unspecified atom stereocenters. The highest BCUT2D eigenvalue weighted by Crippen LogP contribution is 2.32. The summed E-state index contributed by atoms with van der Waals surface area (Å²) in [5.74, 6) is -2.29. The fourth-order valence-electron chi connectivity index (χ4n) is 2.37. The zero-order valence-electron chi connectivity index (χ0n) is 14.8. The molecule has 6 nitrogen and oxygen atoms in total. The van der Waals surface area contributed by atoms with Gasteiger partial charge in [-0.25, -0.2) is 15.0 Å². The summed E-state index contributed by atoms with van der Waals surface area (Å²) in [5.41, 5.74) is -1.73. The third-order valence-corrected chi connectivity index (χ3v) is 4.29. The van der Waals surface area contributed by atoms with Crippen molar-refractivity contribution < 1.29 is 22.4 Å². The lowest BCUT2D eigenvalue weighted by Crippen LogP contribution is -2.27. The molecule has 2 aromatic heterocycles. The van der Waals surface area contributed by atoms with E-state index in [2.05, 4.69) is 25.6 Å². The molecule has 0 aliphatic carbocycles. The molecule has 12 heteroatoms. The van der Waals surface area contributed by atoms with Crippen LogP contribution < -0.4 is 10.6 Å². The van der Waals surface area contributed by atoms with Gasteiger partial charge in [0, 0.05) is 24.0 Å². The molecule has 0 saturated heterocycles. The van der Waals surface area contributed by atoms with Crippen LogP contribution in [0.25, 0.3) is 0 Å². The molecule has 3 aromatic rings. The summed E-state index contributed by atoms with van der Waals surface area (Å²) in [6.45, 7) is -0.215. The number of amides is 1. The standard InChI is InChI=1S/C18H11Cl2F4N5O/c19-10-1-2-12(20)13(6-10)28-17-27-8-11(15(29-17)18(22,23)24)16(30)26-7-9-3-4-25-14(21)5-9/h1-6,8H,7H2,(H,26,30)(H,27,28,29). The fourth-order valence-corrected chi connectivity index (χ4v) is 2.71. The van der Waals surface area contributed by atoms with Gasteiger partial charge in [0.15, 0.2) is 5.69 Å². The molecule has 156 valence electrons. The van der Waals surface area contributed by atoms with E-state index in [1.165, 1.54) is 30.5 Å². The number of benzene rings is 1. The Labute approximate surface area is 177 Å². The first-order valence-corrected chi connectivity index (χ1v) is 8.94. The number of hydrogen-bond acceptors (Lipinski definition) is 5. The number of nitrogens with zero attached hydrogens (tertiary/aromatic N) is 3. The molecule has 30 heavy (non-hydrogen) atoms. The van der Waals surface area contributed by atoms with Gasteiger partial charge in [-0.05, 0) is 35.9 Å². The summed E-state index contributed by atoms with van der Waals surface area (Å²) in [4.78, 5) is 22.8. The lowest BCUT2D eigenvalue weighted by Gasteiger charge is -2.14. The molecule has 0 bridgehead atoms. The molecule has 3 rings (SSSR count). The maximum Gasteiger partial charge on any atom is 0.434 e. The minimum atomic E-state index is -4.94. The highest BCUT2D eigenvalue weighted by atomic mass is 35.5. The zero-order chi connectivity index (χ0) is 21.9. The third-order valence-electron chi connectivity index (χ3n) is 3.72. The smallest absolute Gasteiger partial charge is 0.348 e.